The molecule has 0 radical (unpaired) electrons. The van der Waals surface area contributed by atoms with E-state index in [0.29, 0.717) is 15.8 Å². The van der Waals surface area contributed by atoms with E-state index in [1.165, 1.54) is 13.0 Å². The van der Waals surface area contributed by atoms with E-state index in [9.17, 15) is 9.59 Å². The number of rotatable bonds is 4. The highest BCUT2D eigenvalue weighted by Gasteiger charge is 2.21. The lowest BCUT2D eigenvalue weighted by Gasteiger charge is -2.17. The average molecular weight is 345 g/mol. The summed E-state index contributed by atoms with van der Waals surface area (Å²) in [6, 6.07) is 4.37. The van der Waals surface area contributed by atoms with Crippen molar-refractivity contribution in [3.8, 4) is 5.75 Å². The fourth-order valence-electron chi connectivity index (χ4n) is 2.32. The van der Waals surface area contributed by atoms with Gasteiger partial charge in [0.25, 0.3) is 5.91 Å². The molecule has 1 fully saturated rings. The van der Waals surface area contributed by atoms with Crippen molar-refractivity contribution >= 4 is 35.1 Å². The number of nitrogens with one attached hydrogen (secondary N) is 2. The molecular weight excluding hydrogens is 327 g/mol. The lowest BCUT2D eigenvalue weighted by Crippen LogP contribution is -2.47. The molecule has 1 atom stereocenters. The monoisotopic (exact) mass is 344 g/mol. The highest BCUT2D eigenvalue weighted by atomic mass is 35.5. The molecule has 1 saturated carbocycles. The molecule has 2 N–H and O–H groups in total. The van der Waals surface area contributed by atoms with E-state index in [1.807, 2.05) is 0 Å². The Hall–Kier alpha value is -1.46. The summed E-state index contributed by atoms with van der Waals surface area (Å²) in [5, 5.41) is 5.84. The topological polar surface area (TPSA) is 67.4 Å². The summed E-state index contributed by atoms with van der Waals surface area (Å²) in [6.07, 6.45) is 3.24. The molecule has 1 aromatic rings. The number of carbonyl (C=O) groups is 2. The van der Waals surface area contributed by atoms with E-state index in [2.05, 4.69) is 10.6 Å². The lowest BCUT2D eigenvalue weighted by molar-refractivity contribution is -0.126. The molecule has 1 aliphatic carbocycles. The van der Waals surface area contributed by atoms with Crippen molar-refractivity contribution in [1.82, 2.24) is 10.6 Å². The molecule has 0 aliphatic heterocycles. The Labute approximate surface area is 139 Å². The normalized spacial score (nSPS) is 16.1. The maximum Gasteiger partial charge on any atom is 0.321 e. The van der Waals surface area contributed by atoms with Crippen LogP contribution in [0.4, 0.5) is 4.79 Å². The van der Waals surface area contributed by atoms with Gasteiger partial charge in [-0.15, -0.1) is 0 Å². The van der Waals surface area contributed by atoms with Crippen molar-refractivity contribution in [3.05, 3.63) is 28.2 Å². The van der Waals surface area contributed by atoms with Crippen LogP contribution in [0, 0.1) is 0 Å². The molecule has 0 aromatic heterocycles. The largest absolute Gasteiger partial charge is 0.479 e. The van der Waals surface area contributed by atoms with Gasteiger partial charge in [-0.3, -0.25) is 10.1 Å². The predicted octanol–water partition coefficient (Wildman–Crippen LogP) is 3.53. The zero-order valence-corrected chi connectivity index (χ0v) is 13.7. The molecule has 22 heavy (non-hydrogen) atoms. The number of amides is 3. The lowest BCUT2D eigenvalue weighted by atomic mass is 10.2. The minimum atomic E-state index is -0.870. The van der Waals surface area contributed by atoms with Crippen molar-refractivity contribution in [1.29, 1.82) is 0 Å². The number of ether oxygens (including phenoxy) is 1. The zero-order valence-electron chi connectivity index (χ0n) is 12.2. The van der Waals surface area contributed by atoms with Crippen molar-refractivity contribution in [2.75, 3.05) is 0 Å². The molecule has 0 bridgehead atoms. The number of imide groups is 1. The molecule has 3 amide bonds. The van der Waals surface area contributed by atoms with Gasteiger partial charge in [-0.25, -0.2) is 4.79 Å². The quantitative estimate of drug-likeness (QED) is 0.877. The van der Waals surface area contributed by atoms with Crippen LogP contribution in [0.5, 0.6) is 5.75 Å². The third-order valence-electron chi connectivity index (χ3n) is 3.49. The number of carbonyl (C=O) groups excluding carboxylic acids is 2. The highest BCUT2D eigenvalue weighted by Crippen LogP contribution is 2.28. The molecule has 2 rings (SSSR count). The van der Waals surface area contributed by atoms with Crippen molar-refractivity contribution < 1.29 is 14.3 Å². The zero-order chi connectivity index (χ0) is 16.1. The van der Waals surface area contributed by atoms with E-state index in [-0.39, 0.29) is 6.04 Å². The third kappa shape index (κ3) is 4.78. The van der Waals surface area contributed by atoms with Crippen LogP contribution in [-0.4, -0.2) is 24.1 Å². The Morgan fingerprint density at radius 1 is 1.27 bits per heavy atom. The fourth-order valence-corrected chi connectivity index (χ4v) is 2.64. The van der Waals surface area contributed by atoms with Gasteiger partial charge in [-0.2, -0.15) is 0 Å². The van der Waals surface area contributed by atoms with Gasteiger partial charge in [0.05, 0.1) is 5.02 Å². The second-order valence-electron chi connectivity index (χ2n) is 5.28. The van der Waals surface area contributed by atoms with Crippen LogP contribution >= 0.6 is 23.2 Å². The minimum Gasteiger partial charge on any atom is -0.479 e. The van der Waals surface area contributed by atoms with E-state index in [1.54, 1.807) is 12.1 Å². The Balaban J connectivity index is 1.85. The molecule has 120 valence electrons. The number of hydrogen-bond donors (Lipinski definition) is 2. The first-order valence-electron chi connectivity index (χ1n) is 7.19. The fraction of sp³-hybridized carbons (Fsp3) is 0.467. The van der Waals surface area contributed by atoms with Gasteiger partial charge in [0.15, 0.2) is 6.10 Å². The minimum absolute atomic E-state index is 0.145. The van der Waals surface area contributed by atoms with E-state index >= 15 is 0 Å². The van der Waals surface area contributed by atoms with Crippen LogP contribution in [0.3, 0.4) is 0 Å². The summed E-state index contributed by atoms with van der Waals surface area (Å²) >= 11 is 11.8. The maximum absolute atomic E-state index is 12.0. The summed E-state index contributed by atoms with van der Waals surface area (Å²) in [5.41, 5.74) is 0. The Bertz CT molecular complexity index is 560. The van der Waals surface area contributed by atoms with Crippen LogP contribution in [0.15, 0.2) is 18.2 Å². The SMILES string of the molecule is C[C@@H](Oc1cc(Cl)ccc1Cl)C(=O)NC(=O)NC1CCCC1. The smallest absolute Gasteiger partial charge is 0.321 e. The van der Waals surface area contributed by atoms with Crippen molar-refractivity contribution in [2.45, 2.75) is 44.8 Å². The van der Waals surface area contributed by atoms with Gasteiger partial charge >= 0.3 is 6.03 Å². The standard InChI is InChI=1S/C15H18Cl2N2O3/c1-9(22-13-8-10(16)6-7-12(13)17)14(20)19-15(21)18-11-4-2-3-5-11/h6-9,11H,2-5H2,1H3,(H2,18,19,20,21)/t9-/m1/s1. The summed E-state index contributed by atoms with van der Waals surface area (Å²) in [5.74, 6) is -0.237. The molecule has 5 nitrogen and oxygen atoms in total. The van der Waals surface area contributed by atoms with Gasteiger partial charge in [-0.1, -0.05) is 36.0 Å². The second-order valence-corrected chi connectivity index (χ2v) is 6.12. The predicted molar refractivity (Wildman–Crippen MR) is 85.5 cm³/mol. The Morgan fingerprint density at radius 3 is 2.64 bits per heavy atom. The molecule has 0 saturated heterocycles. The Morgan fingerprint density at radius 2 is 1.95 bits per heavy atom. The summed E-state index contributed by atoms with van der Waals surface area (Å²) in [6.45, 7) is 1.54. The van der Waals surface area contributed by atoms with E-state index in [4.69, 9.17) is 27.9 Å². The average Bonchev–Trinajstić information content (AvgIpc) is 2.95. The summed E-state index contributed by atoms with van der Waals surface area (Å²) < 4.78 is 5.45. The third-order valence-corrected chi connectivity index (χ3v) is 4.04. The maximum atomic E-state index is 12.0. The van der Waals surface area contributed by atoms with Gasteiger partial charge < -0.3 is 10.1 Å². The number of benzene rings is 1. The molecule has 1 aromatic carbocycles. The molecule has 0 unspecified atom stereocenters. The number of halogens is 2. The first-order chi connectivity index (χ1) is 10.5. The molecule has 0 heterocycles. The van der Waals surface area contributed by atoms with Crippen LogP contribution in [0.25, 0.3) is 0 Å². The Kier molecular flexibility index (Phi) is 5.91. The van der Waals surface area contributed by atoms with Crippen LogP contribution in [0.2, 0.25) is 10.0 Å². The van der Waals surface area contributed by atoms with Gasteiger partial charge in [0, 0.05) is 17.1 Å². The van der Waals surface area contributed by atoms with E-state index < -0.39 is 18.0 Å². The number of hydrogen-bond acceptors (Lipinski definition) is 3. The first kappa shape index (κ1) is 16.9. The molecule has 1 aliphatic rings. The first-order valence-corrected chi connectivity index (χ1v) is 7.94. The van der Waals surface area contributed by atoms with Crippen molar-refractivity contribution in [3.63, 3.8) is 0 Å². The van der Waals surface area contributed by atoms with Gasteiger partial charge in [-0.05, 0) is 31.9 Å². The molecular formula is C15H18Cl2N2O3. The summed E-state index contributed by atoms with van der Waals surface area (Å²) in [7, 11) is 0. The second kappa shape index (κ2) is 7.70. The van der Waals surface area contributed by atoms with Crippen molar-refractivity contribution in [2.24, 2.45) is 0 Å². The highest BCUT2D eigenvalue weighted by molar-refractivity contribution is 6.34. The van der Waals surface area contributed by atoms with Crippen LogP contribution in [0.1, 0.15) is 32.6 Å². The van der Waals surface area contributed by atoms with Crippen LogP contribution in [-0.2, 0) is 4.79 Å². The molecule has 7 heteroatoms. The molecule has 0 spiro atoms. The van der Waals surface area contributed by atoms with Gasteiger partial charge in [0.1, 0.15) is 5.75 Å². The van der Waals surface area contributed by atoms with E-state index in [0.717, 1.165) is 25.7 Å². The van der Waals surface area contributed by atoms with Gasteiger partial charge in [0.2, 0.25) is 0 Å². The van der Waals surface area contributed by atoms with Crippen LogP contribution < -0.4 is 15.4 Å². The number of urea groups is 1. The summed E-state index contributed by atoms with van der Waals surface area (Å²) in [4.78, 5) is 23.7.